The van der Waals surface area contributed by atoms with Crippen LogP contribution in [0.2, 0.25) is 0 Å². The van der Waals surface area contributed by atoms with E-state index in [9.17, 15) is 0 Å². The Balaban J connectivity index is 2.51. The number of rotatable bonds is 0. The van der Waals surface area contributed by atoms with E-state index in [1.807, 2.05) is 18.2 Å². The van der Waals surface area contributed by atoms with Crippen LogP contribution in [-0.4, -0.2) is 10.9 Å². The van der Waals surface area contributed by atoms with Gasteiger partial charge in [0, 0.05) is 4.90 Å². The predicted octanol–water partition coefficient (Wildman–Crippen LogP) is 3.06. The SMILES string of the molecule is ClC1=Nc2ccccc2SC1. The van der Waals surface area contributed by atoms with E-state index in [0.29, 0.717) is 5.17 Å². The van der Waals surface area contributed by atoms with E-state index in [0.717, 1.165) is 11.4 Å². The zero-order valence-corrected chi connectivity index (χ0v) is 7.32. The summed E-state index contributed by atoms with van der Waals surface area (Å²) in [5.41, 5.74) is 0.994. The molecule has 0 aliphatic carbocycles. The Bertz CT molecular complexity index is 309. The zero-order chi connectivity index (χ0) is 7.68. The largest absolute Gasteiger partial charge is 0.239 e. The molecule has 0 aromatic heterocycles. The number of thioether (sulfide) groups is 1. The minimum Gasteiger partial charge on any atom is -0.239 e. The number of para-hydroxylation sites is 1. The maximum Gasteiger partial charge on any atom is 0.117 e. The number of hydrogen-bond acceptors (Lipinski definition) is 2. The van der Waals surface area contributed by atoms with Gasteiger partial charge >= 0.3 is 0 Å². The summed E-state index contributed by atoms with van der Waals surface area (Å²) in [7, 11) is 0. The Hall–Kier alpha value is -0.470. The molecule has 1 aromatic rings. The van der Waals surface area contributed by atoms with Gasteiger partial charge in [0.05, 0.1) is 11.4 Å². The van der Waals surface area contributed by atoms with Crippen LogP contribution in [0.3, 0.4) is 0 Å². The fraction of sp³-hybridized carbons (Fsp3) is 0.125. The van der Waals surface area contributed by atoms with Crippen LogP contribution in [0.1, 0.15) is 0 Å². The van der Waals surface area contributed by atoms with E-state index >= 15 is 0 Å². The normalized spacial score (nSPS) is 15.5. The molecule has 0 saturated carbocycles. The van der Waals surface area contributed by atoms with Crippen LogP contribution in [0.4, 0.5) is 5.69 Å². The zero-order valence-electron chi connectivity index (χ0n) is 5.75. The van der Waals surface area contributed by atoms with Gasteiger partial charge in [-0.25, -0.2) is 4.99 Å². The van der Waals surface area contributed by atoms with Crippen LogP contribution in [-0.2, 0) is 0 Å². The quantitative estimate of drug-likeness (QED) is 0.602. The second-order valence-corrected chi connectivity index (χ2v) is 3.70. The number of aliphatic imine (C=N–C) groups is 1. The molecule has 0 unspecified atom stereocenters. The summed E-state index contributed by atoms with van der Waals surface area (Å²) in [6.45, 7) is 0. The molecule has 1 aliphatic rings. The van der Waals surface area contributed by atoms with E-state index in [1.165, 1.54) is 4.90 Å². The first kappa shape index (κ1) is 7.19. The number of nitrogens with zero attached hydrogens (tertiary/aromatic N) is 1. The minimum absolute atomic E-state index is 0.689. The van der Waals surface area contributed by atoms with E-state index in [4.69, 9.17) is 11.6 Å². The molecule has 0 bridgehead atoms. The maximum atomic E-state index is 5.77. The molecule has 3 heteroatoms. The Morgan fingerprint density at radius 3 is 3.09 bits per heavy atom. The fourth-order valence-electron chi connectivity index (χ4n) is 0.972. The van der Waals surface area contributed by atoms with Gasteiger partial charge in [-0.15, -0.1) is 11.8 Å². The Kier molecular flexibility index (Phi) is 1.88. The van der Waals surface area contributed by atoms with Crippen LogP contribution in [0, 0.1) is 0 Å². The molecule has 56 valence electrons. The van der Waals surface area contributed by atoms with Crippen molar-refractivity contribution in [1.29, 1.82) is 0 Å². The number of hydrogen-bond donors (Lipinski definition) is 0. The fourth-order valence-corrected chi connectivity index (χ4v) is 2.00. The lowest BCUT2D eigenvalue weighted by Crippen LogP contribution is -1.95. The van der Waals surface area contributed by atoms with Crippen molar-refractivity contribution in [2.45, 2.75) is 4.90 Å². The van der Waals surface area contributed by atoms with Gasteiger partial charge in [0.2, 0.25) is 0 Å². The highest BCUT2D eigenvalue weighted by molar-refractivity contribution is 8.00. The van der Waals surface area contributed by atoms with Crippen LogP contribution < -0.4 is 0 Å². The van der Waals surface area contributed by atoms with Crippen LogP contribution >= 0.6 is 23.4 Å². The first-order valence-electron chi connectivity index (χ1n) is 3.31. The van der Waals surface area contributed by atoms with E-state index in [2.05, 4.69) is 11.1 Å². The smallest absolute Gasteiger partial charge is 0.117 e. The van der Waals surface area contributed by atoms with Crippen molar-refractivity contribution in [3.63, 3.8) is 0 Å². The first-order valence-corrected chi connectivity index (χ1v) is 4.67. The third-order valence-electron chi connectivity index (χ3n) is 1.45. The van der Waals surface area contributed by atoms with Crippen LogP contribution in [0.15, 0.2) is 34.2 Å². The van der Waals surface area contributed by atoms with Gasteiger partial charge in [-0.05, 0) is 12.1 Å². The maximum absolute atomic E-state index is 5.77. The molecule has 0 atom stereocenters. The summed E-state index contributed by atoms with van der Waals surface area (Å²) < 4.78 is 0. The summed E-state index contributed by atoms with van der Waals surface area (Å²) in [4.78, 5) is 5.43. The number of benzene rings is 1. The van der Waals surface area contributed by atoms with Crippen molar-refractivity contribution >= 4 is 34.2 Å². The van der Waals surface area contributed by atoms with Gasteiger partial charge in [0.15, 0.2) is 0 Å². The molecule has 1 heterocycles. The Labute approximate surface area is 74.5 Å². The van der Waals surface area contributed by atoms with E-state index in [1.54, 1.807) is 11.8 Å². The predicted molar refractivity (Wildman–Crippen MR) is 50.1 cm³/mol. The molecule has 0 fully saturated rings. The lowest BCUT2D eigenvalue weighted by molar-refractivity contribution is 1.36. The lowest BCUT2D eigenvalue weighted by Gasteiger charge is -2.09. The molecule has 0 radical (unpaired) electrons. The number of fused-ring (bicyclic) bond motifs is 1. The molecule has 0 N–H and O–H groups in total. The molecule has 1 aromatic carbocycles. The summed E-state index contributed by atoms with van der Waals surface area (Å²) in [5.74, 6) is 0.804. The number of halogens is 1. The van der Waals surface area contributed by atoms with Gasteiger partial charge in [-0.1, -0.05) is 23.7 Å². The molecular weight excluding hydrogens is 178 g/mol. The highest BCUT2D eigenvalue weighted by atomic mass is 35.5. The molecule has 0 amide bonds. The molecule has 0 saturated heterocycles. The average Bonchev–Trinajstić information content (AvgIpc) is 2.04. The summed E-state index contributed by atoms with van der Waals surface area (Å²) in [5, 5.41) is 0.689. The monoisotopic (exact) mass is 183 g/mol. The van der Waals surface area contributed by atoms with Crippen molar-refractivity contribution in [2.24, 2.45) is 4.99 Å². The molecule has 0 spiro atoms. The van der Waals surface area contributed by atoms with Gasteiger partial charge in [0.25, 0.3) is 0 Å². The average molecular weight is 184 g/mol. The van der Waals surface area contributed by atoms with Gasteiger partial charge in [-0.2, -0.15) is 0 Å². The van der Waals surface area contributed by atoms with Crippen LogP contribution in [0.25, 0.3) is 0 Å². The highest BCUT2D eigenvalue weighted by Gasteiger charge is 2.08. The lowest BCUT2D eigenvalue weighted by atomic mass is 10.3. The molecule has 2 rings (SSSR count). The summed E-state index contributed by atoms with van der Waals surface area (Å²) >= 11 is 7.51. The van der Waals surface area contributed by atoms with Crippen molar-refractivity contribution < 1.29 is 0 Å². The van der Waals surface area contributed by atoms with Gasteiger partial charge in [0.1, 0.15) is 5.17 Å². The van der Waals surface area contributed by atoms with Crippen molar-refractivity contribution in [2.75, 3.05) is 5.75 Å². The standard InChI is InChI=1S/C8H6ClNS/c9-8-5-11-7-4-2-1-3-6(7)10-8/h1-4H,5H2. The molecule has 1 nitrogen and oxygen atoms in total. The van der Waals surface area contributed by atoms with E-state index in [-0.39, 0.29) is 0 Å². The van der Waals surface area contributed by atoms with Crippen molar-refractivity contribution in [3.8, 4) is 0 Å². The van der Waals surface area contributed by atoms with Gasteiger partial charge < -0.3 is 0 Å². The Morgan fingerprint density at radius 1 is 1.36 bits per heavy atom. The third-order valence-corrected chi connectivity index (χ3v) is 2.90. The Morgan fingerprint density at radius 2 is 2.18 bits per heavy atom. The minimum atomic E-state index is 0.689. The highest BCUT2D eigenvalue weighted by Crippen LogP contribution is 2.33. The summed E-state index contributed by atoms with van der Waals surface area (Å²) in [6, 6.07) is 8.02. The third kappa shape index (κ3) is 1.42. The molecule has 1 aliphatic heterocycles. The van der Waals surface area contributed by atoms with Gasteiger partial charge in [-0.3, -0.25) is 0 Å². The van der Waals surface area contributed by atoms with Crippen LogP contribution in [0.5, 0.6) is 0 Å². The molecular formula is C8H6ClNS. The van der Waals surface area contributed by atoms with Crippen molar-refractivity contribution in [1.82, 2.24) is 0 Å². The second kappa shape index (κ2) is 2.88. The molecule has 11 heavy (non-hydrogen) atoms. The topological polar surface area (TPSA) is 12.4 Å². The second-order valence-electron chi connectivity index (χ2n) is 2.24. The summed E-state index contributed by atoms with van der Waals surface area (Å²) in [6.07, 6.45) is 0. The van der Waals surface area contributed by atoms with E-state index < -0.39 is 0 Å². The first-order chi connectivity index (χ1) is 5.36. The van der Waals surface area contributed by atoms with Crippen molar-refractivity contribution in [3.05, 3.63) is 24.3 Å².